The molecule has 2 aromatic rings. The van der Waals surface area contributed by atoms with Crippen molar-refractivity contribution < 1.29 is 0 Å². The molecule has 3 rings (SSSR count). The third kappa shape index (κ3) is 2.89. The average Bonchev–Trinajstić information content (AvgIpc) is 2.97. The molecule has 0 saturated carbocycles. The lowest BCUT2D eigenvalue weighted by Crippen LogP contribution is -2.29. The van der Waals surface area contributed by atoms with Gasteiger partial charge in [-0.15, -0.1) is 21.5 Å². The Labute approximate surface area is 122 Å². The van der Waals surface area contributed by atoms with Crippen molar-refractivity contribution in [2.75, 3.05) is 0 Å². The van der Waals surface area contributed by atoms with Crippen molar-refractivity contribution in [1.29, 1.82) is 0 Å². The summed E-state index contributed by atoms with van der Waals surface area (Å²) in [6.45, 7) is 0. The number of hydrogen-bond donors (Lipinski definition) is 2. The van der Waals surface area contributed by atoms with E-state index in [1.54, 1.807) is 7.05 Å². The maximum absolute atomic E-state index is 5.72. The van der Waals surface area contributed by atoms with E-state index in [0.29, 0.717) is 6.42 Å². The summed E-state index contributed by atoms with van der Waals surface area (Å²) in [5.74, 6) is 6.44. The summed E-state index contributed by atoms with van der Waals surface area (Å²) in [5, 5.41) is 12.1. The van der Waals surface area contributed by atoms with Crippen LogP contribution in [-0.2, 0) is 26.3 Å². The van der Waals surface area contributed by atoms with Gasteiger partial charge in [-0.2, -0.15) is 4.80 Å². The molecule has 20 heavy (non-hydrogen) atoms. The molecule has 0 radical (unpaired) electrons. The Kier molecular flexibility index (Phi) is 4.09. The number of tetrazole rings is 1. The lowest BCUT2D eigenvalue weighted by molar-refractivity contribution is 0.543. The Hall–Kier alpha value is -1.31. The minimum absolute atomic E-state index is 0.0659. The quantitative estimate of drug-likeness (QED) is 0.504. The van der Waals surface area contributed by atoms with Gasteiger partial charge in [-0.25, -0.2) is 0 Å². The van der Waals surface area contributed by atoms with E-state index in [-0.39, 0.29) is 6.04 Å². The van der Waals surface area contributed by atoms with Crippen LogP contribution in [0.25, 0.3) is 0 Å². The van der Waals surface area contributed by atoms with Crippen LogP contribution in [0.1, 0.15) is 46.4 Å². The molecular weight excluding hydrogens is 272 g/mol. The van der Waals surface area contributed by atoms with Gasteiger partial charge in [0.15, 0.2) is 5.82 Å². The lowest BCUT2D eigenvalue weighted by Gasteiger charge is -2.11. The van der Waals surface area contributed by atoms with Gasteiger partial charge in [-0.3, -0.25) is 11.3 Å². The van der Waals surface area contributed by atoms with Gasteiger partial charge in [0.25, 0.3) is 0 Å². The molecule has 0 fully saturated rings. The molecule has 3 N–H and O–H groups in total. The number of nitrogens with zero attached hydrogens (tertiary/aromatic N) is 4. The molecule has 7 heteroatoms. The predicted octanol–water partition coefficient (Wildman–Crippen LogP) is 1.29. The molecule has 0 amide bonds. The number of nitrogens with two attached hydrogens (primary N) is 1. The largest absolute Gasteiger partial charge is 0.271 e. The number of fused-ring (bicyclic) bond motifs is 1. The monoisotopic (exact) mass is 292 g/mol. The van der Waals surface area contributed by atoms with Gasteiger partial charge in [-0.1, -0.05) is 6.42 Å². The third-order valence-electron chi connectivity index (χ3n) is 3.75. The fourth-order valence-electron chi connectivity index (χ4n) is 2.69. The summed E-state index contributed by atoms with van der Waals surface area (Å²) in [4.78, 5) is 4.30. The molecular formula is C13H20N6S. The van der Waals surface area contributed by atoms with Crippen LogP contribution in [0.3, 0.4) is 0 Å². The van der Waals surface area contributed by atoms with Crippen molar-refractivity contribution in [3.05, 3.63) is 27.2 Å². The van der Waals surface area contributed by atoms with E-state index in [4.69, 9.17) is 5.84 Å². The highest BCUT2D eigenvalue weighted by Crippen LogP contribution is 2.32. The van der Waals surface area contributed by atoms with Crippen molar-refractivity contribution in [3.63, 3.8) is 0 Å². The van der Waals surface area contributed by atoms with Gasteiger partial charge in [0.05, 0.1) is 13.1 Å². The molecule has 108 valence electrons. The summed E-state index contributed by atoms with van der Waals surface area (Å²) >= 11 is 1.88. The summed E-state index contributed by atoms with van der Waals surface area (Å²) in [5.41, 5.74) is 4.40. The van der Waals surface area contributed by atoms with E-state index in [2.05, 4.69) is 26.9 Å². The van der Waals surface area contributed by atoms with Gasteiger partial charge in [0, 0.05) is 16.2 Å². The first-order chi connectivity index (χ1) is 9.76. The van der Waals surface area contributed by atoms with E-state index < -0.39 is 0 Å². The van der Waals surface area contributed by atoms with Crippen LogP contribution in [0.2, 0.25) is 0 Å². The number of thiophene rings is 1. The molecule has 1 aliphatic carbocycles. The molecule has 6 nitrogen and oxygen atoms in total. The predicted molar refractivity (Wildman–Crippen MR) is 78.1 cm³/mol. The van der Waals surface area contributed by atoms with Crippen molar-refractivity contribution in [2.45, 2.75) is 44.6 Å². The minimum Gasteiger partial charge on any atom is -0.271 e. The van der Waals surface area contributed by atoms with Crippen molar-refractivity contribution in [3.8, 4) is 0 Å². The van der Waals surface area contributed by atoms with E-state index >= 15 is 0 Å². The highest BCUT2D eigenvalue weighted by molar-refractivity contribution is 7.12. The second-order valence-electron chi connectivity index (χ2n) is 5.28. The van der Waals surface area contributed by atoms with Gasteiger partial charge in [0.2, 0.25) is 0 Å². The first-order valence-electron chi connectivity index (χ1n) is 7.06. The molecule has 0 saturated heterocycles. The SMILES string of the molecule is Cn1nnc(CC(NN)c2cc3c(s2)CCCCC3)n1. The Morgan fingerprint density at radius 3 is 3.00 bits per heavy atom. The molecule has 0 bridgehead atoms. The van der Waals surface area contributed by atoms with Gasteiger partial charge in [-0.05, 0) is 42.5 Å². The summed E-state index contributed by atoms with van der Waals surface area (Å²) in [6.07, 6.45) is 7.03. The van der Waals surface area contributed by atoms with Crippen molar-refractivity contribution in [2.24, 2.45) is 12.9 Å². The Morgan fingerprint density at radius 1 is 1.40 bits per heavy atom. The minimum atomic E-state index is 0.0659. The zero-order valence-electron chi connectivity index (χ0n) is 11.7. The number of hydrogen-bond acceptors (Lipinski definition) is 6. The third-order valence-corrected chi connectivity index (χ3v) is 5.10. The Balaban J connectivity index is 1.79. The maximum Gasteiger partial charge on any atom is 0.176 e. The summed E-state index contributed by atoms with van der Waals surface area (Å²) in [7, 11) is 1.77. The molecule has 1 unspecified atom stereocenters. The summed E-state index contributed by atoms with van der Waals surface area (Å²) in [6, 6.07) is 2.38. The summed E-state index contributed by atoms with van der Waals surface area (Å²) < 4.78 is 0. The number of hydrazine groups is 1. The van der Waals surface area contributed by atoms with Crippen LogP contribution in [0.5, 0.6) is 0 Å². The van der Waals surface area contributed by atoms with Crippen LogP contribution >= 0.6 is 11.3 Å². The first kappa shape index (κ1) is 13.7. The van der Waals surface area contributed by atoms with Crippen LogP contribution in [-0.4, -0.2) is 20.2 Å². The fraction of sp³-hybridized carbons (Fsp3) is 0.615. The number of rotatable bonds is 4. The van der Waals surface area contributed by atoms with Crippen molar-refractivity contribution in [1.82, 2.24) is 25.6 Å². The molecule has 2 heterocycles. The standard InChI is InChI=1S/C13H20N6S/c1-19-17-13(16-18-19)8-10(15-14)12-7-9-5-3-2-4-6-11(9)20-12/h7,10,15H,2-6,8,14H2,1H3. The van der Waals surface area contributed by atoms with Crippen LogP contribution in [0, 0.1) is 0 Å². The highest BCUT2D eigenvalue weighted by Gasteiger charge is 2.19. The number of aryl methyl sites for hydroxylation is 3. The molecule has 0 aromatic carbocycles. The van der Waals surface area contributed by atoms with E-state index in [1.807, 2.05) is 11.3 Å². The Bertz CT molecular complexity index is 552. The fourth-order valence-corrected chi connectivity index (χ4v) is 4.01. The maximum atomic E-state index is 5.72. The van der Waals surface area contributed by atoms with Crippen LogP contribution < -0.4 is 11.3 Å². The zero-order chi connectivity index (χ0) is 13.9. The van der Waals surface area contributed by atoms with E-state index in [0.717, 1.165) is 5.82 Å². The second kappa shape index (κ2) is 5.99. The molecule has 1 aliphatic rings. The normalized spacial score (nSPS) is 16.7. The van der Waals surface area contributed by atoms with E-state index in [9.17, 15) is 0 Å². The second-order valence-corrected chi connectivity index (χ2v) is 6.44. The van der Waals surface area contributed by atoms with Crippen molar-refractivity contribution >= 4 is 11.3 Å². The van der Waals surface area contributed by atoms with Gasteiger partial charge >= 0.3 is 0 Å². The molecule has 1 atom stereocenters. The number of aromatic nitrogens is 4. The molecule has 2 aromatic heterocycles. The van der Waals surface area contributed by atoms with Crippen LogP contribution in [0.15, 0.2) is 6.07 Å². The number of nitrogens with one attached hydrogen (secondary N) is 1. The van der Waals surface area contributed by atoms with Gasteiger partial charge in [0.1, 0.15) is 0 Å². The topological polar surface area (TPSA) is 81.7 Å². The lowest BCUT2D eigenvalue weighted by atomic mass is 10.1. The smallest absolute Gasteiger partial charge is 0.176 e. The molecule has 0 aliphatic heterocycles. The molecule has 0 spiro atoms. The van der Waals surface area contributed by atoms with Crippen LogP contribution in [0.4, 0.5) is 0 Å². The first-order valence-corrected chi connectivity index (χ1v) is 7.88. The zero-order valence-corrected chi connectivity index (χ0v) is 12.5. The van der Waals surface area contributed by atoms with E-state index in [1.165, 1.54) is 52.2 Å². The van der Waals surface area contributed by atoms with Gasteiger partial charge < -0.3 is 0 Å². The Morgan fingerprint density at radius 2 is 2.25 bits per heavy atom. The average molecular weight is 292 g/mol. The highest BCUT2D eigenvalue weighted by atomic mass is 32.1.